The zero-order valence-corrected chi connectivity index (χ0v) is 9.63. The minimum atomic E-state index is -4.71. The van der Waals surface area contributed by atoms with Crippen molar-refractivity contribution in [3.63, 3.8) is 0 Å². The van der Waals surface area contributed by atoms with Crippen LogP contribution in [-0.2, 0) is 12.4 Å². The lowest BCUT2D eigenvalue weighted by Gasteiger charge is -2.09. The van der Waals surface area contributed by atoms with Crippen LogP contribution in [0.5, 0.6) is 0 Å². The van der Waals surface area contributed by atoms with E-state index in [4.69, 9.17) is 0 Å². The average Bonchev–Trinajstić information content (AvgIpc) is 2.37. The standard InChI is InChI=1S/C12H6F6N2/c13-11(14,15)8-3-1-7(2-4-8)9-5-6-19-10(20-9)12(16,17)18/h1-6H. The number of hydrogen-bond acceptors (Lipinski definition) is 2. The van der Waals surface area contributed by atoms with Gasteiger partial charge in [-0.05, 0) is 18.2 Å². The smallest absolute Gasteiger partial charge is 0.233 e. The molecule has 0 aliphatic rings. The molecule has 1 heterocycles. The number of nitrogens with zero attached hydrogens (tertiary/aromatic N) is 2. The molecule has 1 aromatic carbocycles. The lowest BCUT2D eigenvalue weighted by atomic mass is 10.1. The predicted octanol–water partition coefficient (Wildman–Crippen LogP) is 4.18. The van der Waals surface area contributed by atoms with Crippen molar-refractivity contribution < 1.29 is 26.3 Å². The molecule has 2 rings (SSSR count). The quantitative estimate of drug-likeness (QED) is 0.737. The molecule has 0 saturated carbocycles. The Hall–Kier alpha value is -2.12. The van der Waals surface area contributed by atoms with Crippen molar-refractivity contribution in [2.45, 2.75) is 12.4 Å². The fourth-order valence-corrected chi connectivity index (χ4v) is 1.49. The highest BCUT2D eigenvalue weighted by Gasteiger charge is 2.35. The third-order valence-electron chi connectivity index (χ3n) is 2.42. The Kier molecular flexibility index (Phi) is 3.41. The highest BCUT2D eigenvalue weighted by molar-refractivity contribution is 5.59. The first kappa shape index (κ1) is 14.3. The molecule has 0 saturated heterocycles. The first-order valence-corrected chi connectivity index (χ1v) is 5.26. The van der Waals surface area contributed by atoms with Gasteiger partial charge in [0.1, 0.15) is 0 Å². The Morgan fingerprint density at radius 2 is 1.35 bits per heavy atom. The molecule has 2 nitrogen and oxygen atoms in total. The number of alkyl halides is 6. The maximum absolute atomic E-state index is 12.4. The van der Waals surface area contributed by atoms with Crippen LogP contribution >= 0.6 is 0 Å². The van der Waals surface area contributed by atoms with Gasteiger partial charge in [-0.25, -0.2) is 9.97 Å². The van der Waals surface area contributed by atoms with E-state index in [2.05, 4.69) is 9.97 Å². The second kappa shape index (κ2) is 4.77. The van der Waals surface area contributed by atoms with Crippen molar-refractivity contribution in [3.05, 3.63) is 47.9 Å². The molecule has 8 heteroatoms. The van der Waals surface area contributed by atoms with Crippen molar-refractivity contribution in [2.24, 2.45) is 0 Å². The van der Waals surface area contributed by atoms with Gasteiger partial charge in [0.15, 0.2) is 0 Å². The molecule has 0 unspecified atom stereocenters. The topological polar surface area (TPSA) is 25.8 Å². The van der Waals surface area contributed by atoms with Gasteiger partial charge < -0.3 is 0 Å². The monoisotopic (exact) mass is 292 g/mol. The number of aromatic nitrogens is 2. The van der Waals surface area contributed by atoms with Crippen LogP contribution in [0.1, 0.15) is 11.4 Å². The van der Waals surface area contributed by atoms with E-state index in [0.717, 1.165) is 30.5 Å². The summed E-state index contributed by atoms with van der Waals surface area (Å²) in [5, 5.41) is 0. The molecule has 0 bridgehead atoms. The number of hydrogen-bond donors (Lipinski definition) is 0. The van der Waals surface area contributed by atoms with Gasteiger partial charge in [-0.15, -0.1) is 0 Å². The van der Waals surface area contributed by atoms with Crippen molar-refractivity contribution in [3.8, 4) is 11.3 Å². The van der Waals surface area contributed by atoms with Crippen molar-refractivity contribution in [1.82, 2.24) is 9.97 Å². The van der Waals surface area contributed by atoms with Gasteiger partial charge in [0.2, 0.25) is 5.82 Å². The second-order valence-electron chi connectivity index (χ2n) is 3.84. The number of rotatable bonds is 1. The molecular formula is C12H6F6N2. The summed E-state index contributed by atoms with van der Waals surface area (Å²) >= 11 is 0. The van der Waals surface area contributed by atoms with Crippen molar-refractivity contribution in [1.29, 1.82) is 0 Å². The van der Waals surface area contributed by atoms with Gasteiger partial charge in [0.25, 0.3) is 0 Å². The fourth-order valence-electron chi connectivity index (χ4n) is 1.49. The lowest BCUT2D eigenvalue weighted by molar-refractivity contribution is -0.145. The maximum Gasteiger partial charge on any atom is 0.451 e. The molecule has 0 fully saturated rings. The predicted molar refractivity (Wildman–Crippen MR) is 57.5 cm³/mol. The van der Waals surface area contributed by atoms with Gasteiger partial charge in [0, 0.05) is 11.8 Å². The maximum atomic E-state index is 12.4. The van der Waals surface area contributed by atoms with Crippen LogP contribution in [0.2, 0.25) is 0 Å². The van der Waals surface area contributed by atoms with Gasteiger partial charge in [-0.3, -0.25) is 0 Å². The van der Waals surface area contributed by atoms with E-state index in [1.165, 1.54) is 6.07 Å². The summed E-state index contributed by atoms with van der Waals surface area (Å²) in [6.07, 6.45) is -8.30. The molecule has 1 aromatic heterocycles. The molecule has 0 aliphatic heterocycles. The Morgan fingerprint density at radius 3 is 1.85 bits per heavy atom. The van der Waals surface area contributed by atoms with E-state index in [1.807, 2.05) is 0 Å². The van der Waals surface area contributed by atoms with Gasteiger partial charge >= 0.3 is 12.4 Å². The normalized spacial score (nSPS) is 12.5. The highest BCUT2D eigenvalue weighted by Crippen LogP contribution is 2.31. The number of benzene rings is 1. The second-order valence-corrected chi connectivity index (χ2v) is 3.84. The van der Waals surface area contributed by atoms with Crippen molar-refractivity contribution in [2.75, 3.05) is 0 Å². The van der Waals surface area contributed by atoms with E-state index >= 15 is 0 Å². The van der Waals surface area contributed by atoms with Crippen LogP contribution in [0.3, 0.4) is 0 Å². The summed E-state index contributed by atoms with van der Waals surface area (Å²) in [6, 6.07) is 4.88. The number of halogens is 6. The van der Waals surface area contributed by atoms with Gasteiger partial charge in [0.05, 0.1) is 11.3 Å². The van der Waals surface area contributed by atoms with Gasteiger partial charge in [-0.1, -0.05) is 12.1 Å². The molecule has 0 atom stereocenters. The van der Waals surface area contributed by atoms with Crippen LogP contribution < -0.4 is 0 Å². The molecule has 0 radical (unpaired) electrons. The first-order chi connectivity index (χ1) is 9.18. The molecule has 2 aromatic rings. The molecule has 0 aliphatic carbocycles. The van der Waals surface area contributed by atoms with Crippen LogP contribution in [0, 0.1) is 0 Å². The Balaban J connectivity index is 2.38. The Bertz CT molecular complexity index is 601. The van der Waals surface area contributed by atoms with E-state index in [0.29, 0.717) is 0 Å². The molecule has 20 heavy (non-hydrogen) atoms. The van der Waals surface area contributed by atoms with Crippen LogP contribution in [-0.4, -0.2) is 9.97 Å². The summed E-state index contributed by atoms with van der Waals surface area (Å²) in [5.41, 5.74) is -0.835. The highest BCUT2D eigenvalue weighted by atomic mass is 19.4. The molecule has 0 amide bonds. The van der Waals surface area contributed by atoms with Gasteiger partial charge in [-0.2, -0.15) is 26.3 Å². The van der Waals surface area contributed by atoms with Crippen LogP contribution in [0.15, 0.2) is 36.5 Å². The van der Waals surface area contributed by atoms with Crippen LogP contribution in [0.25, 0.3) is 11.3 Å². The summed E-state index contributed by atoms with van der Waals surface area (Å²) in [7, 11) is 0. The SMILES string of the molecule is FC(F)(F)c1ccc(-c2ccnc(C(F)(F)F)n2)cc1. The minimum Gasteiger partial charge on any atom is -0.233 e. The molecule has 0 spiro atoms. The molecular weight excluding hydrogens is 286 g/mol. The first-order valence-electron chi connectivity index (χ1n) is 5.26. The average molecular weight is 292 g/mol. The van der Waals surface area contributed by atoms with E-state index < -0.39 is 23.7 Å². The fraction of sp³-hybridized carbons (Fsp3) is 0.167. The van der Waals surface area contributed by atoms with E-state index in [1.54, 1.807) is 0 Å². The van der Waals surface area contributed by atoms with E-state index in [-0.39, 0.29) is 11.3 Å². The summed E-state index contributed by atoms with van der Waals surface area (Å²) in [5.74, 6) is -1.34. The lowest BCUT2D eigenvalue weighted by Crippen LogP contribution is -2.11. The Labute approximate surface area is 109 Å². The minimum absolute atomic E-state index is 0.0963. The van der Waals surface area contributed by atoms with E-state index in [9.17, 15) is 26.3 Å². The third kappa shape index (κ3) is 3.06. The summed E-state index contributed by atoms with van der Waals surface area (Å²) in [4.78, 5) is 6.37. The largest absolute Gasteiger partial charge is 0.451 e. The van der Waals surface area contributed by atoms with Crippen molar-refractivity contribution >= 4 is 0 Å². The zero-order valence-electron chi connectivity index (χ0n) is 9.63. The zero-order chi connectivity index (χ0) is 15.0. The summed E-state index contributed by atoms with van der Waals surface area (Å²) in [6.45, 7) is 0. The molecule has 106 valence electrons. The van der Waals surface area contributed by atoms with Crippen LogP contribution in [0.4, 0.5) is 26.3 Å². The third-order valence-corrected chi connectivity index (χ3v) is 2.42. The summed E-state index contributed by atoms with van der Waals surface area (Å²) < 4.78 is 74.4. The Morgan fingerprint density at radius 1 is 0.750 bits per heavy atom. The molecule has 0 N–H and O–H groups in total.